The number of ether oxygens (including phenoxy) is 1. The van der Waals surface area contributed by atoms with E-state index < -0.39 is 6.04 Å². The summed E-state index contributed by atoms with van der Waals surface area (Å²) in [6, 6.07) is 14.1. The van der Waals surface area contributed by atoms with Crippen molar-refractivity contribution in [3.63, 3.8) is 0 Å². The number of carbonyl (C=O) groups is 3. The van der Waals surface area contributed by atoms with Crippen LogP contribution in [-0.2, 0) is 16.0 Å². The molecule has 1 N–H and O–H groups in total. The third-order valence-corrected chi connectivity index (χ3v) is 6.91. The van der Waals surface area contributed by atoms with Gasteiger partial charge < -0.3 is 15.0 Å². The summed E-state index contributed by atoms with van der Waals surface area (Å²) >= 11 is 0. The molecule has 3 aromatic rings. The molecular weight excluding hydrogens is 466 g/mol. The van der Waals surface area contributed by atoms with Gasteiger partial charge in [-0.3, -0.25) is 19.0 Å². The van der Waals surface area contributed by atoms with Gasteiger partial charge in [0.05, 0.1) is 19.0 Å². The number of carbonyl (C=O) groups excluding carboxylic acids is 3. The lowest BCUT2D eigenvalue weighted by Crippen LogP contribution is -2.49. The van der Waals surface area contributed by atoms with E-state index in [1.54, 1.807) is 28.7 Å². The molecule has 2 aromatic carbocycles. The second-order valence-electron chi connectivity index (χ2n) is 9.26. The van der Waals surface area contributed by atoms with Crippen LogP contribution in [0.15, 0.2) is 48.5 Å². The van der Waals surface area contributed by atoms with E-state index >= 15 is 0 Å². The predicted molar refractivity (Wildman–Crippen MR) is 147 cm³/mol. The lowest BCUT2D eigenvalue weighted by Gasteiger charge is -2.26. The number of amides is 2. The molecule has 2 amide bonds. The van der Waals surface area contributed by atoms with E-state index in [1.165, 1.54) is 0 Å². The van der Waals surface area contributed by atoms with Gasteiger partial charge in [0, 0.05) is 29.7 Å². The van der Waals surface area contributed by atoms with Crippen LogP contribution in [0.2, 0.25) is 0 Å². The summed E-state index contributed by atoms with van der Waals surface area (Å²) in [6.45, 7) is 9.06. The molecule has 0 spiro atoms. The number of likely N-dealkylation sites (N-methyl/N-ethyl adjacent to an activating group) is 1. The van der Waals surface area contributed by atoms with Crippen molar-refractivity contribution >= 4 is 28.6 Å². The monoisotopic (exact) mass is 505 g/mol. The number of rotatable bonds is 12. The number of benzene rings is 2. The van der Waals surface area contributed by atoms with Gasteiger partial charge in [-0.2, -0.15) is 0 Å². The molecule has 0 fully saturated rings. The maximum atomic E-state index is 13.5. The lowest BCUT2D eigenvalue weighted by molar-refractivity contribution is -0.136. The van der Waals surface area contributed by atoms with E-state index in [1.807, 2.05) is 57.2 Å². The maximum absolute atomic E-state index is 13.5. The highest BCUT2D eigenvalue weighted by Crippen LogP contribution is 2.30. The van der Waals surface area contributed by atoms with Gasteiger partial charge in [-0.25, -0.2) is 0 Å². The highest BCUT2D eigenvalue weighted by Gasteiger charge is 2.26. The van der Waals surface area contributed by atoms with Crippen LogP contribution in [0.1, 0.15) is 68.1 Å². The molecule has 1 atom stereocenters. The Morgan fingerprint density at radius 2 is 1.70 bits per heavy atom. The topological polar surface area (TPSA) is 80.6 Å². The van der Waals surface area contributed by atoms with Crippen molar-refractivity contribution in [3.05, 3.63) is 65.4 Å². The van der Waals surface area contributed by atoms with Gasteiger partial charge in [0.1, 0.15) is 11.8 Å². The zero-order valence-corrected chi connectivity index (χ0v) is 22.7. The molecule has 7 heteroatoms. The van der Waals surface area contributed by atoms with Crippen molar-refractivity contribution < 1.29 is 19.1 Å². The fraction of sp³-hybridized carbons (Fsp3) is 0.433. The van der Waals surface area contributed by atoms with Gasteiger partial charge in [0.25, 0.3) is 5.91 Å². The van der Waals surface area contributed by atoms with Crippen LogP contribution < -0.4 is 10.1 Å². The normalized spacial score (nSPS) is 11.8. The van der Waals surface area contributed by atoms with Gasteiger partial charge in [0.15, 0.2) is 0 Å². The number of nitrogens with zero attached hydrogens (tertiary/aromatic N) is 2. The number of methoxy groups -OCH3 is 1. The van der Waals surface area contributed by atoms with Crippen LogP contribution in [0.5, 0.6) is 5.75 Å². The van der Waals surface area contributed by atoms with E-state index in [4.69, 9.17) is 4.74 Å². The first kappa shape index (κ1) is 28.0. The van der Waals surface area contributed by atoms with Gasteiger partial charge in [-0.05, 0) is 63.1 Å². The van der Waals surface area contributed by atoms with Crippen molar-refractivity contribution in [3.8, 4) is 5.75 Å². The lowest BCUT2D eigenvalue weighted by atomic mass is 10.0. The van der Waals surface area contributed by atoms with Crippen molar-refractivity contribution in [1.82, 2.24) is 14.8 Å². The van der Waals surface area contributed by atoms with Gasteiger partial charge in [-0.15, -0.1) is 0 Å². The molecule has 0 aliphatic rings. The number of nitrogens with one attached hydrogen (secondary N) is 1. The Bertz CT molecular complexity index is 1230. The minimum Gasteiger partial charge on any atom is -0.497 e. The first-order chi connectivity index (χ1) is 17.9. The molecule has 0 bridgehead atoms. The van der Waals surface area contributed by atoms with Gasteiger partial charge in [-0.1, -0.05) is 44.4 Å². The van der Waals surface area contributed by atoms with Crippen LogP contribution >= 0.6 is 0 Å². The molecule has 0 aliphatic heterocycles. The number of hydrogen-bond acceptors (Lipinski definition) is 4. The van der Waals surface area contributed by atoms with E-state index in [-0.39, 0.29) is 24.1 Å². The van der Waals surface area contributed by atoms with Gasteiger partial charge in [0.2, 0.25) is 11.8 Å². The number of fused-ring (bicyclic) bond motifs is 1. The second kappa shape index (κ2) is 13.1. The smallest absolute Gasteiger partial charge is 0.262 e. The van der Waals surface area contributed by atoms with Crippen LogP contribution in [0.25, 0.3) is 10.9 Å². The molecule has 198 valence electrons. The SMILES string of the molecule is CCCCCC(NC(=O)Cc1c(C)n(C(=O)c2ccccc2)c2ccc(OC)cc12)C(=O)N(CC)CC. The van der Waals surface area contributed by atoms with Crippen molar-refractivity contribution in [1.29, 1.82) is 0 Å². The summed E-state index contributed by atoms with van der Waals surface area (Å²) in [5.74, 6) is 0.204. The second-order valence-corrected chi connectivity index (χ2v) is 9.26. The van der Waals surface area contributed by atoms with E-state index in [2.05, 4.69) is 12.2 Å². The van der Waals surface area contributed by atoms with E-state index in [0.29, 0.717) is 42.0 Å². The average molecular weight is 506 g/mol. The standard InChI is InChI=1S/C30H39N3O4/c1-6-9-11-16-26(30(36)32(7-2)8-3)31-28(34)20-24-21(4)33(29(35)22-14-12-10-13-15-22)27-18-17-23(37-5)19-25(24)27/h10,12-15,17-19,26H,6-9,11,16,20H2,1-5H3,(H,31,34). The van der Waals surface area contributed by atoms with Crippen molar-refractivity contribution in [2.45, 2.75) is 65.8 Å². The molecule has 0 saturated heterocycles. The Morgan fingerprint density at radius 3 is 2.32 bits per heavy atom. The molecule has 3 rings (SSSR count). The Hall–Kier alpha value is -3.61. The Kier molecular flexibility index (Phi) is 9.89. The Labute approximate surface area is 219 Å². The number of unbranched alkanes of at least 4 members (excludes halogenated alkanes) is 2. The quantitative estimate of drug-likeness (QED) is 0.346. The van der Waals surface area contributed by atoms with Gasteiger partial charge >= 0.3 is 0 Å². The highest BCUT2D eigenvalue weighted by atomic mass is 16.5. The minimum absolute atomic E-state index is 0.0467. The van der Waals surface area contributed by atoms with Crippen molar-refractivity contribution in [2.24, 2.45) is 0 Å². The summed E-state index contributed by atoms with van der Waals surface area (Å²) < 4.78 is 7.09. The average Bonchev–Trinajstić information content (AvgIpc) is 3.18. The molecule has 0 aliphatic carbocycles. The Balaban J connectivity index is 1.96. The Morgan fingerprint density at radius 1 is 1.00 bits per heavy atom. The molecule has 7 nitrogen and oxygen atoms in total. The molecule has 37 heavy (non-hydrogen) atoms. The van der Waals surface area contributed by atoms with Crippen LogP contribution in [0.3, 0.4) is 0 Å². The zero-order valence-electron chi connectivity index (χ0n) is 22.7. The summed E-state index contributed by atoms with van der Waals surface area (Å²) in [4.78, 5) is 41.7. The predicted octanol–water partition coefficient (Wildman–Crippen LogP) is 5.12. The fourth-order valence-corrected chi connectivity index (χ4v) is 4.80. The molecule has 1 aromatic heterocycles. The number of hydrogen-bond donors (Lipinski definition) is 1. The molecular formula is C30H39N3O4. The number of aromatic nitrogens is 1. The minimum atomic E-state index is -0.562. The zero-order chi connectivity index (χ0) is 26.9. The van der Waals surface area contributed by atoms with E-state index in [0.717, 1.165) is 30.2 Å². The first-order valence-corrected chi connectivity index (χ1v) is 13.2. The van der Waals surface area contributed by atoms with E-state index in [9.17, 15) is 14.4 Å². The summed E-state index contributed by atoms with van der Waals surface area (Å²) in [6.07, 6.45) is 3.58. The third kappa shape index (κ3) is 6.40. The molecule has 1 unspecified atom stereocenters. The van der Waals surface area contributed by atoms with Crippen LogP contribution in [0.4, 0.5) is 0 Å². The van der Waals surface area contributed by atoms with Crippen LogP contribution in [-0.4, -0.2) is 53.4 Å². The fourth-order valence-electron chi connectivity index (χ4n) is 4.80. The molecule has 0 radical (unpaired) electrons. The third-order valence-electron chi connectivity index (χ3n) is 6.91. The molecule has 1 heterocycles. The molecule has 0 saturated carbocycles. The maximum Gasteiger partial charge on any atom is 0.262 e. The highest BCUT2D eigenvalue weighted by molar-refractivity contribution is 6.05. The first-order valence-electron chi connectivity index (χ1n) is 13.2. The van der Waals surface area contributed by atoms with Crippen LogP contribution in [0, 0.1) is 6.92 Å². The summed E-state index contributed by atoms with van der Waals surface area (Å²) in [5.41, 5.74) is 2.73. The largest absolute Gasteiger partial charge is 0.497 e. The summed E-state index contributed by atoms with van der Waals surface area (Å²) in [5, 5.41) is 3.79. The summed E-state index contributed by atoms with van der Waals surface area (Å²) in [7, 11) is 1.59. The van der Waals surface area contributed by atoms with Crippen molar-refractivity contribution in [2.75, 3.05) is 20.2 Å².